The summed E-state index contributed by atoms with van der Waals surface area (Å²) in [7, 11) is 1.66. The van der Waals surface area contributed by atoms with Crippen LogP contribution in [0.25, 0.3) is 0 Å². The summed E-state index contributed by atoms with van der Waals surface area (Å²) < 4.78 is 11.2. The monoisotopic (exact) mass is 338 g/mol. The van der Waals surface area contributed by atoms with Gasteiger partial charge in [-0.3, -0.25) is 0 Å². The summed E-state index contributed by atoms with van der Waals surface area (Å²) in [6.45, 7) is 0.486. The smallest absolute Gasteiger partial charge is 0.124 e. The molecule has 0 saturated heterocycles. The minimum Gasteiger partial charge on any atom is -0.497 e. The maximum atomic E-state index is 6.66. The van der Waals surface area contributed by atoms with Gasteiger partial charge in [0.05, 0.1) is 12.5 Å². The molecular formula is C21H19ClO2. The molecule has 24 heavy (non-hydrogen) atoms. The Balaban J connectivity index is 1.76. The van der Waals surface area contributed by atoms with Crippen molar-refractivity contribution in [2.24, 2.45) is 0 Å². The van der Waals surface area contributed by atoms with Crippen LogP contribution in [0.4, 0.5) is 0 Å². The Hall–Kier alpha value is -2.45. The minimum absolute atomic E-state index is 0.238. The average Bonchev–Trinajstić information content (AvgIpc) is 2.67. The Labute approximate surface area is 147 Å². The number of para-hydroxylation sites is 1. The van der Waals surface area contributed by atoms with Gasteiger partial charge in [-0.2, -0.15) is 0 Å². The first-order chi connectivity index (χ1) is 11.8. The Kier molecular flexibility index (Phi) is 5.39. The van der Waals surface area contributed by atoms with Crippen LogP contribution in [0.3, 0.4) is 0 Å². The standard InChI is InChI=1S/C21H19ClO2/c1-23-18-13-11-16(12-14-18)15-24-20-10-6-5-9-19(20)21(22)17-7-3-2-4-8-17/h2-14,21H,15H2,1H3. The van der Waals surface area contributed by atoms with Crippen molar-refractivity contribution in [2.75, 3.05) is 7.11 Å². The second-order valence-electron chi connectivity index (χ2n) is 5.45. The number of methoxy groups -OCH3 is 1. The molecule has 3 rings (SSSR count). The number of alkyl halides is 1. The summed E-state index contributed by atoms with van der Waals surface area (Å²) in [6, 6.07) is 25.8. The van der Waals surface area contributed by atoms with Gasteiger partial charge in [-0.25, -0.2) is 0 Å². The molecule has 0 radical (unpaired) electrons. The maximum Gasteiger partial charge on any atom is 0.124 e. The van der Waals surface area contributed by atoms with Crippen LogP contribution in [-0.4, -0.2) is 7.11 Å². The number of benzene rings is 3. The molecule has 0 aliphatic carbocycles. The largest absolute Gasteiger partial charge is 0.497 e. The first kappa shape index (κ1) is 16.4. The van der Waals surface area contributed by atoms with Gasteiger partial charge in [0.2, 0.25) is 0 Å². The van der Waals surface area contributed by atoms with Gasteiger partial charge in [-0.15, -0.1) is 11.6 Å². The molecule has 0 spiro atoms. The van der Waals surface area contributed by atoms with Crippen LogP contribution >= 0.6 is 11.6 Å². The highest BCUT2D eigenvalue weighted by atomic mass is 35.5. The predicted molar refractivity (Wildman–Crippen MR) is 97.9 cm³/mol. The minimum atomic E-state index is -0.238. The van der Waals surface area contributed by atoms with Gasteiger partial charge in [0.15, 0.2) is 0 Å². The highest BCUT2D eigenvalue weighted by Gasteiger charge is 2.15. The fourth-order valence-electron chi connectivity index (χ4n) is 2.51. The summed E-state index contributed by atoms with van der Waals surface area (Å²) in [4.78, 5) is 0. The van der Waals surface area contributed by atoms with Crippen molar-refractivity contribution in [1.82, 2.24) is 0 Å². The quantitative estimate of drug-likeness (QED) is 0.544. The average molecular weight is 339 g/mol. The molecular weight excluding hydrogens is 320 g/mol. The Morgan fingerprint density at radius 1 is 0.833 bits per heavy atom. The SMILES string of the molecule is COc1ccc(COc2ccccc2C(Cl)c2ccccc2)cc1. The first-order valence-corrected chi connectivity index (χ1v) is 8.25. The molecule has 3 heteroatoms. The van der Waals surface area contributed by atoms with Gasteiger partial charge in [0.1, 0.15) is 18.1 Å². The Morgan fingerprint density at radius 2 is 1.50 bits per heavy atom. The molecule has 1 unspecified atom stereocenters. The third kappa shape index (κ3) is 3.90. The molecule has 0 aliphatic heterocycles. The van der Waals surface area contributed by atoms with Crippen molar-refractivity contribution in [3.05, 3.63) is 95.6 Å². The van der Waals surface area contributed by atoms with E-state index in [9.17, 15) is 0 Å². The number of rotatable bonds is 6. The Morgan fingerprint density at radius 3 is 2.21 bits per heavy atom. The van der Waals surface area contributed by atoms with Crippen molar-refractivity contribution in [3.63, 3.8) is 0 Å². The van der Waals surface area contributed by atoms with Gasteiger partial charge >= 0.3 is 0 Å². The number of halogens is 1. The zero-order chi connectivity index (χ0) is 16.8. The lowest BCUT2D eigenvalue weighted by atomic mass is 10.0. The van der Waals surface area contributed by atoms with Gasteiger partial charge < -0.3 is 9.47 Å². The fourth-order valence-corrected chi connectivity index (χ4v) is 2.83. The molecule has 0 aliphatic rings. The molecule has 0 amide bonds. The maximum absolute atomic E-state index is 6.66. The first-order valence-electron chi connectivity index (χ1n) is 7.81. The zero-order valence-corrected chi connectivity index (χ0v) is 14.2. The van der Waals surface area contributed by atoms with E-state index >= 15 is 0 Å². The molecule has 2 nitrogen and oxygen atoms in total. The van der Waals surface area contributed by atoms with Crippen LogP contribution in [0.15, 0.2) is 78.9 Å². The number of ether oxygens (including phenoxy) is 2. The van der Waals surface area contributed by atoms with Gasteiger partial charge in [0, 0.05) is 5.56 Å². The zero-order valence-electron chi connectivity index (χ0n) is 13.5. The molecule has 0 heterocycles. The molecule has 1 atom stereocenters. The normalized spacial score (nSPS) is 11.8. The van der Waals surface area contributed by atoms with Gasteiger partial charge in [-0.05, 0) is 29.3 Å². The fraction of sp³-hybridized carbons (Fsp3) is 0.143. The van der Waals surface area contributed by atoms with E-state index in [0.717, 1.165) is 28.2 Å². The Bertz CT molecular complexity index is 769. The molecule has 3 aromatic carbocycles. The summed E-state index contributed by atoms with van der Waals surface area (Å²) in [5.74, 6) is 1.64. The summed E-state index contributed by atoms with van der Waals surface area (Å²) in [6.07, 6.45) is 0. The lowest BCUT2D eigenvalue weighted by Crippen LogP contribution is -2.01. The second-order valence-corrected chi connectivity index (χ2v) is 5.88. The topological polar surface area (TPSA) is 18.5 Å². The van der Waals surface area contributed by atoms with Crippen molar-refractivity contribution in [2.45, 2.75) is 12.0 Å². The molecule has 0 N–H and O–H groups in total. The van der Waals surface area contributed by atoms with Crippen molar-refractivity contribution in [1.29, 1.82) is 0 Å². The van der Waals surface area contributed by atoms with Crippen molar-refractivity contribution < 1.29 is 9.47 Å². The van der Waals surface area contributed by atoms with E-state index in [1.807, 2.05) is 78.9 Å². The lowest BCUT2D eigenvalue weighted by molar-refractivity contribution is 0.303. The van der Waals surface area contributed by atoms with Gasteiger partial charge in [0.25, 0.3) is 0 Å². The molecule has 0 fully saturated rings. The summed E-state index contributed by atoms with van der Waals surface area (Å²) in [5.41, 5.74) is 3.11. The van der Waals surface area contributed by atoms with Crippen LogP contribution in [-0.2, 0) is 6.61 Å². The highest BCUT2D eigenvalue weighted by Crippen LogP contribution is 2.35. The van der Waals surface area contributed by atoms with E-state index in [4.69, 9.17) is 21.1 Å². The van der Waals surface area contributed by atoms with E-state index in [0.29, 0.717) is 6.61 Å². The summed E-state index contributed by atoms with van der Waals surface area (Å²) >= 11 is 6.66. The van der Waals surface area contributed by atoms with E-state index in [1.165, 1.54) is 0 Å². The molecule has 0 bridgehead atoms. The van der Waals surface area contributed by atoms with E-state index in [1.54, 1.807) is 7.11 Å². The lowest BCUT2D eigenvalue weighted by Gasteiger charge is -2.16. The van der Waals surface area contributed by atoms with E-state index in [2.05, 4.69) is 0 Å². The van der Waals surface area contributed by atoms with E-state index < -0.39 is 0 Å². The molecule has 0 saturated carbocycles. The number of hydrogen-bond acceptors (Lipinski definition) is 2. The van der Waals surface area contributed by atoms with Crippen LogP contribution in [0.5, 0.6) is 11.5 Å². The highest BCUT2D eigenvalue weighted by molar-refractivity contribution is 6.22. The van der Waals surface area contributed by atoms with Gasteiger partial charge in [-0.1, -0.05) is 60.7 Å². The molecule has 3 aromatic rings. The van der Waals surface area contributed by atoms with Crippen molar-refractivity contribution in [3.8, 4) is 11.5 Å². The van der Waals surface area contributed by atoms with Crippen LogP contribution < -0.4 is 9.47 Å². The van der Waals surface area contributed by atoms with Crippen LogP contribution in [0.2, 0.25) is 0 Å². The summed E-state index contributed by atoms with van der Waals surface area (Å²) in [5, 5.41) is -0.238. The predicted octanol–water partition coefficient (Wildman–Crippen LogP) is 5.60. The second kappa shape index (κ2) is 7.89. The molecule has 0 aromatic heterocycles. The van der Waals surface area contributed by atoms with Crippen LogP contribution in [0, 0.1) is 0 Å². The third-order valence-corrected chi connectivity index (χ3v) is 4.32. The van der Waals surface area contributed by atoms with Crippen LogP contribution in [0.1, 0.15) is 22.1 Å². The van der Waals surface area contributed by atoms with E-state index in [-0.39, 0.29) is 5.38 Å². The van der Waals surface area contributed by atoms with Crippen molar-refractivity contribution >= 4 is 11.6 Å². The molecule has 122 valence electrons. The third-order valence-electron chi connectivity index (χ3n) is 3.84. The number of hydrogen-bond donors (Lipinski definition) is 0.